The molecule has 0 unspecified atom stereocenters. The largest absolute Gasteiger partial charge is 0.424 e. The highest BCUT2D eigenvalue weighted by molar-refractivity contribution is 7.88. The Morgan fingerprint density at radius 3 is 2.44 bits per heavy atom. The SMILES string of the molecule is CN(C1CCN(Cc2nnc(Cc3ccccc3)o2)CC1)S(C)(=O)=O. The van der Waals surface area contributed by atoms with E-state index in [-0.39, 0.29) is 6.04 Å². The van der Waals surface area contributed by atoms with Crippen LogP contribution in [0.5, 0.6) is 0 Å². The van der Waals surface area contributed by atoms with Gasteiger partial charge in [-0.05, 0) is 18.4 Å². The first-order chi connectivity index (χ1) is 11.9. The summed E-state index contributed by atoms with van der Waals surface area (Å²) in [5.74, 6) is 1.23. The van der Waals surface area contributed by atoms with Crippen LogP contribution in [0, 0.1) is 0 Å². The molecule has 7 nitrogen and oxygen atoms in total. The maximum Gasteiger partial charge on any atom is 0.230 e. The summed E-state index contributed by atoms with van der Waals surface area (Å²) in [5, 5.41) is 8.26. The van der Waals surface area contributed by atoms with Gasteiger partial charge in [0.1, 0.15) is 0 Å². The number of benzene rings is 1. The summed E-state index contributed by atoms with van der Waals surface area (Å²) in [7, 11) is -1.48. The van der Waals surface area contributed by atoms with Gasteiger partial charge in [-0.15, -0.1) is 10.2 Å². The van der Waals surface area contributed by atoms with Gasteiger partial charge in [0, 0.05) is 26.2 Å². The van der Waals surface area contributed by atoms with Gasteiger partial charge in [-0.1, -0.05) is 30.3 Å². The molecule has 0 bridgehead atoms. The Bertz CT molecular complexity index is 783. The first kappa shape index (κ1) is 18.0. The number of rotatable bonds is 6. The maximum atomic E-state index is 11.6. The fourth-order valence-electron chi connectivity index (χ4n) is 3.10. The second-order valence-electron chi connectivity index (χ2n) is 6.54. The smallest absolute Gasteiger partial charge is 0.230 e. The normalized spacial score (nSPS) is 17.2. The summed E-state index contributed by atoms with van der Waals surface area (Å²) < 4.78 is 30.5. The van der Waals surface area contributed by atoms with Gasteiger partial charge in [-0.3, -0.25) is 4.90 Å². The molecule has 0 saturated carbocycles. The van der Waals surface area contributed by atoms with Crippen molar-refractivity contribution in [1.29, 1.82) is 0 Å². The third kappa shape index (κ3) is 4.87. The van der Waals surface area contributed by atoms with Gasteiger partial charge in [0.25, 0.3) is 0 Å². The van der Waals surface area contributed by atoms with E-state index in [2.05, 4.69) is 15.1 Å². The minimum Gasteiger partial charge on any atom is -0.424 e. The van der Waals surface area contributed by atoms with Crippen molar-refractivity contribution in [3.05, 3.63) is 47.7 Å². The molecule has 0 atom stereocenters. The zero-order valence-corrected chi connectivity index (χ0v) is 15.4. The van der Waals surface area contributed by atoms with Crippen LogP contribution in [0.2, 0.25) is 0 Å². The maximum absolute atomic E-state index is 11.6. The van der Waals surface area contributed by atoms with E-state index >= 15 is 0 Å². The third-order valence-electron chi connectivity index (χ3n) is 4.66. The molecule has 0 aliphatic carbocycles. The quantitative estimate of drug-likeness (QED) is 0.773. The standard InChI is InChI=1S/C17H24N4O3S/c1-20(25(2,22)23)15-8-10-21(11-9-15)13-17-19-18-16(24-17)12-14-6-4-3-5-7-14/h3-7,15H,8-13H2,1-2H3. The number of hydrogen-bond donors (Lipinski definition) is 0. The molecule has 8 heteroatoms. The van der Waals surface area contributed by atoms with Crippen LogP contribution in [0.1, 0.15) is 30.2 Å². The molecule has 1 aromatic carbocycles. The second-order valence-corrected chi connectivity index (χ2v) is 8.58. The monoisotopic (exact) mass is 364 g/mol. The summed E-state index contributed by atoms with van der Waals surface area (Å²) in [4.78, 5) is 2.23. The predicted octanol–water partition coefficient (Wildman–Crippen LogP) is 1.52. The molecule has 1 fully saturated rings. The van der Waals surface area contributed by atoms with Crippen LogP contribution in [0.25, 0.3) is 0 Å². The molecule has 3 rings (SSSR count). The number of sulfonamides is 1. The highest BCUT2D eigenvalue weighted by Gasteiger charge is 2.27. The van der Waals surface area contributed by atoms with Crippen LogP contribution in [-0.4, -0.2) is 60.3 Å². The molecule has 1 aliphatic rings. The van der Waals surface area contributed by atoms with Crippen LogP contribution in [0.4, 0.5) is 0 Å². The lowest BCUT2D eigenvalue weighted by Gasteiger charge is -2.34. The van der Waals surface area contributed by atoms with Crippen LogP contribution in [0.3, 0.4) is 0 Å². The van der Waals surface area contributed by atoms with Crippen molar-refractivity contribution in [1.82, 2.24) is 19.4 Å². The van der Waals surface area contributed by atoms with Gasteiger partial charge in [-0.25, -0.2) is 12.7 Å². The van der Waals surface area contributed by atoms with Gasteiger partial charge in [0.05, 0.1) is 19.2 Å². The Balaban J connectivity index is 1.51. The predicted molar refractivity (Wildman–Crippen MR) is 94.5 cm³/mol. The number of aromatic nitrogens is 2. The van der Waals surface area contributed by atoms with Crippen molar-refractivity contribution in [3.8, 4) is 0 Å². The molecule has 2 heterocycles. The molecule has 0 N–H and O–H groups in total. The Morgan fingerprint density at radius 1 is 1.16 bits per heavy atom. The lowest BCUT2D eigenvalue weighted by Crippen LogP contribution is -2.44. The molecule has 1 aliphatic heterocycles. The zero-order chi connectivity index (χ0) is 17.9. The van der Waals surface area contributed by atoms with Crippen LogP contribution >= 0.6 is 0 Å². The van der Waals surface area contributed by atoms with Crippen LogP contribution in [-0.2, 0) is 23.0 Å². The minimum atomic E-state index is -3.13. The molecule has 0 amide bonds. The summed E-state index contributed by atoms with van der Waals surface area (Å²) >= 11 is 0. The molecular weight excluding hydrogens is 340 g/mol. The molecular formula is C17H24N4O3S. The highest BCUT2D eigenvalue weighted by atomic mass is 32.2. The molecule has 1 aromatic heterocycles. The first-order valence-corrected chi connectivity index (χ1v) is 10.3. The van der Waals surface area contributed by atoms with Crippen molar-refractivity contribution in [2.75, 3.05) is 26.4 Å². The molecule has 136 valence electrons. The van der Waals surface area contributed by atoms with E-state index < -0.39 is 10.0 Å². The van der Waals surface area contributed by atoms with Gasteiger partial charge >= 0.3 is 0 Å². The lowest BCUT2D eigenvalue weighted by molar-refractivity contribution is 0.152. The van der Waals surface area contributed by atoms with E-state index in [4.69, 9.17) is 4.42 Å². The van der Waals surface area contributed by atoms with Gasteiger partial charge in [-0.2, -0.15) is 0 Å². The summed E-state index contributed by atoms with van der Waals surface area (Å²) in [5.41, 5.74) is 1.14. The van der Waals surface area contributed by atoms with Crippen molar-refractivity contribution >= 4 is 10.0 Å². The van der Waals surface area contributed by atoms with E-state index in [1.54, 1.807) is 7.05 Å². The number of nitrogens with zero attached hydrogens (tertiary/aromatic N) is 4. The Hall–Kier alpha value is -1.77. The average molecular weight is 364 g/mol. The van der Waals surface area contributed by atoms with E-state index in [1.807, 2.05) is 30.3 Å². The molecule has 25 heavy (non-hydrogen) atoms. The fraction of sp³-hybridized carbons (Fsp3) is 0.529. The van der Waals surface area contributed by atoms with Gasteiger partial charge in [0.15, 0.2) is 0 Å². The lowest BCUT2D eigenvalue weighted by atomic mass is 10.1. The highest BCUT2D eigenvalue weighted by Crippen LogP contribution is 2.19. The van der Waals surface area contributed by atoms with Crippen LogP contribution in [0.15, 0.2) is 34.7 Å². The molecule has 0 spiro atoms. The zero-order valence-electron chi connectivity index (χ0n) is 14.6. The van der Waals surface area contributed by atoms with Gasteiger partial charge in [0.2, 0.25) is 21.8 Å². The number of hydrogen-bond acceptors (Lipinski definition) is 6. The molecule has 1 saturated heterocycles. The van der Waals surface area contributed by atoms with Crippen molar-refractivity contribution in [2.24, 2.45) is 0 Å². The third-order valence-corrected chi connectivity index (χ3v) is 6.00. The topological polar surface area (TPSA) is 79.5 Å². The number of likely N-dealkylation sites (tertiary alicyclic amines) is 1. The molecule has 2 aromatic rings. The fourth-order valence-corrected chi connectivity index (χ4v) is 3.85. The van der Waals surface area contributed by atoms with E-state index in [0.29, 0.717) is 24.7 Å². The first-order valence-electron chi connectivity index (χ1n) is 8.42. The minimum absolute atomic E-state index is 0.0718. The van der Waals surface area contributed by atoms with Crippen molar-refractivity contribution in [2.45, 2.75) is 31.8 Å². The van der Waals surface area contributed by atoms with Crippen molar-refractivity contribution in [3.63, 3.8) is 0 Å². The Kier molecular flexibility index (Phi) is 5.51. The van der Waals surface area contributed by atoms with E-state index in [1.165, 1.54) is 10.6 Å². The number of piperidine rings is 1. The van der Waals surface area contributed by atoms with E-state index in [9.17, 15) is 8.42 Å². The van der Waals surface area contributed by atoms with Gasteiger partial charge < -0.3 is 4.42 Å². The Morgan fingerprint density at radius 2 is 1.80 bits per heavy atom. The Labute approximate surface area is 148 Å². The van der Waals surface area contributed by atoms with Crippen LogP contribution < -0.4 is 0 Å². The second kappa shape index (κ2) is 7.63. The van der Waals surface area contributed by atoms with E-state index in [0.717, 1.165) is 31.5 Å². The van der Waals surface area contributed by atoms with Crippen molar-refractivity contribution < 1.29 is 12.8 Å². The summed E-state index contributed by atoms with van der Waals surface area (Å²) in [6.45, 7) is 2.25. The summed E-state index contributed by atoms with van der Waals surface area (Å²) in [6, 6.07) is 10.1. The summed E-state index contributed by atoms with van der Waals surface area (Å²) in [6.07, 6.45) is 3.52. The molecule has 0 radical (unpaired) electrons. The average Bonchev–Trinajstić information content (AvgIpc) is 3.02.